The van der Waals surface area contributed by atoms with Crippen LogP contribution in [0.1, 0.15) is 61.4 Å². The van der Waals surface area contributed by atoms with Crippen LogP contribution >= 0.6 is 0 Å². The maximum absolute atomic E-state index is 12.5. The predicted molar refractivity (Wildman–Crippen MR) is 91.4 cm³/mol. The summed E-state index contributed by atoms with van der Waals surface area (Å²) < 4.78 is 5.14. The van der Waals surface area contributed by atoms with Gasteiger partial charge in [-0.1, -0.05) is 36.6 Å². The first-order valence-electron chi connectivity index (χ1n) is 8.72. The Morgan fingerprint density at radius 2 is 2.00 bits per heavy atom. The highest BCUT2D eigenvalue weighted by molar-refractivity contribution is 5.77. The molecule has 0 saturated heterocycles. The highest BCUT2D eigenvalue weighted by atomic mass is 16.5. The van der Waals surface area contributed by atoms with Crippen LogP contribution in [0.25, 0.3) is 0 Å². The van der Waals surface area contributed by atoms with Crippen LogP contribution < -0.4 is 5.32 Å². The summed E-state index contributed by atoms with van der Waals surface area (Å²) in [5, 5.41) is 16.1. The van der Waals surface area contributed by atoms with Gasteiger partial charge < -0.3 is 9.84 Å². The summed E-state index contributed by atoms with van der Waals surface area (Å²) >= 11 is 0. The molecule has 1 saturated carbocycles. The second-order valence-electron chi connectivity index (χ2n) is 6.64. The maximum atomic E-state index is 12.5. The van der Waals surface area contributed by atoms with E-state index in [9.17, 15) is 4.79 Å². The zero-order valence-electron chi connectivity index (χ0n) is 14.4. The Hall–Kier alpha value is -2.68. The molecule has 0 radical (unpaired) electrons. The second kappa shape index (κ2) is 7.47. The van der Waals surface area contributed by atoms with E-state index in [0.29, 0.717) is 30.1 Å². The summed E-state index contributed by atoms with van der Waals surface area (Å²) in [6, 6.07) is 9.43. The minimum atomic E-state index is -0.502. The number of carbonyl (C=O) groups is 1. The molecule has 0 spiro atoms. The lowest BCUT2D eigenvalue weighted by atomic mass is 9.81. The molecule has 130 valence electrons. The van der Waals surface area contributed by atoms with Crippen LogP contribution in [-0.4, -0.2) is 16.0 Å². The zero-order chi connectivity index (χ0) is 17.7. The minimum Gasteiger partial charge on any atom is -0.343 e. The van der Waals surface area contributed by atoms with E-state index < -0.39 is 5.54 Å². The average molecular weight is 338 g/mol. The first kappa shape index (κ1) is 17.2. The third-order valence-electron chi connectivity index (χ3n) is 4.77. The van der Waals surface area contributed by atoms with Crippen molar-refractivity contribution in [1.82, 2.24) is 15.5 Å². The van der Waals surface area contributed by atoms with Crippen LogP contribution in [0.3, 0.4) is 0 Å². The molecule has 1 amide bonds. The molecule has 1 heterocycles. The van der Waals surface area contributed by atoms with Gasteiger partial charge >= 0.3 is 0 Å². The van der Waals surface area contributed by atoms with Gasteiger partial charge in [0.15, 0.2) is 5.82 Å². The van der Waals surface area contributed by atoms with Gasteiger partial charge in [0.25, 0.3) is 0 Å². The zero-order valence-corrected chi connectivity index (χ0v) is 14.4. The average Bonchev–Trinajstić information content (AvgIpc) is 3.08. The lowest BCUT2D eigenvalue weighted by molar-refractivity contribution is -0.123. The molecule has 0 atom stereocenters. The smallest absolute Gasteiger partial charge is 0.223 e. The van der Waals surface area contributed by atoms with E-state index >= 15 is 0 Å². The van der Waals surface area contributed by atoms with E-state index in [2.05, 4.69) is 21.5 Å². The molecule has 25 heavy (non-hydrogen) atoms. The summed E-state index contributed by atoms with van der Waals surface area (Å²) in [6.07, 6.45) is 5.97. The van der Waals surface area contributed by atoms with Gasteiger partial charge in [0.05, 0.1) is 11.6 Å². The number of nitriles is 1. The van der Waals surface area contributed by atoms with Crippen molar-refractivity contribution in [3.8, 4) is 6.07 Å². The fourth-order valence-electron chi connectivity index (χ4n) is 3.39. The number of nitrogens with zero attached hydrogens (tertiary/aromatic N) is 3. The lowest BCUT2D eigenvalue weighted by Gasteiger charge is -2.35. The molecule has 1 aliphatic rings. The molecule has 0 aliphatic heterocycles. The van der Waals surface area contributed by atoms with Gasteiger partial charge in [-0.3, -0.25) is 4.79 Å². The quantitative estimate of drug-likeness (QED) is 0.904. The molecule has 2 aromatic rings. The van der Waals surface area contributed by atoms with Crippen LogP contribution in [0.15, 0.2) is 28.8 Å². The van der Waals surface area contributed by atoms with Crippen LogP contribution in [0.4, 0.5) is 0 Å². The number of rotatable bonds is 5. The van der Waals surface area contributed by atoms with Gasteiger partial charge in [-0.15, -0.1) is 0 Å². The summed E-state index contributed by atoms with van der Waals surface area (Å²) in [4.78, 5) is 16.9. The summed E-state index contributed by atoms with van der Waals surface area (Å²) in [7, 11) is 0. The fraction of sp³-hybridized carbons (Fsp3) is 0.474. The summed E-state index contributed by atoms with van der Waals surface area (Å²) in [5.74, 6) is 1.11. The number of benzene rings is 1. The third-order valence-corrected chi connectivity index (χ3v) is 4.77. The SMILES string of the molecule is Cc1nc(C2(NC(=O)CCc3ccc(C#N)cc3)CCCCC2)no1. The van der Waals surface area contributed by atoms with Crippen molar-refractivity contribution in [2.75, 3.05) is 0 Å². The van der Waals surface area contributed by atoms with Crippen molar-refractivity contribution < 1.29 is 9.32 Å². The van der Waals surface area contributed by atoms with Crippen molar-refractivity contribution in [2.24, 2.45) is 0 Å². The molecule has 6 nitrogen and oxygen atoms in total. The van der Waals surface area contributed by atoms with Crippen molar-refractivity contribution in [2.45, 2.75) is 57.4 Å². The number of aryl methyl sites for hydroxylation is 2. The number of aromatic nitrogens is 2. The Morgan fingerprint density at radius 1 is 1.28 bits per heavy atom. The molecule has 0 bridgehead atoms. The van der Waals surface area contributed by atoms with E-state index in [-0.39, 0.29) is 5.91 Å². The van der Waals surface area contributed by atoms with Gasteiger partial charge in [0.2, 0.25) is 11.8 Å². The molecule has 1 aromatic heterocycles. The molecule has 0 unspecified atom stereocenters. The largest absolute Gasteiger partial charge is 0.343 e. The molecule has 6 heteroatoms. The topological polar surface area (TPSA) is 91.8 Å². The Bertz CT molecular complexity index is 767. The van der Waals surface area contributed by atoms with Crippen molar-refractivity contribution >= 4 is 5.91 Å². The van der Waals surface area contributed by atoms with E-state index in [0.717, 1.165) is 31.2 Å². The fourth-order valence-corrected chi connectivity index (χ4v) is 3.39. The molecule has 1 aromatic carbocycles. The predicted octanol–water partition coefficient (Wildman–Crippen LogP) is 3.16. The summed E-state index contributed by atoms with van der Waals surface area (Å²) in [5.41, 5.74) is 1.17. The third kappa shape index (κ3) is 4.05. The Labute approximate surface area is 147 Å². The van der Waals surface area contributed by atoms with Crippen molar-refractivity contribution in [3.63, 3.8) is 0 Å². The van der Waals surface area contributed by atoms with Crippen molar-refractivity contribution in [1.29, 1.82) is 5.26 Å². The molecule has 1 N–H and O–H groups in total. The normalized spacial score (nSPS) is 16.2. The molecular formula is C19H22N4O2. The molecule has 1 aliphatic carbocycles. The van der Waals surface area contributed by atoms with Crippen LogP contribution in [-0.2, 0) is 16.8 Å². The first-order valence-corrected chi connectivity index (χ1v) is 8.72. The Kier molecular flexibility index (Phi) is 5.13. The standard InChI is InChI=1S/C19H22N4O2/c1-14-21-18(23-25-14)19(11-3-2-4-12-19)22-17(24)10-9-15-5-7-16(13-20)8-6-15/h5-8H,2-4,9-12H2,1H3,(H,22,24). The number of carbonyl (C=O) groups excluding carboxylic acids is 1. The van der Waals surface area contributed by atoms with Crippen LogP contribution in [0, 0.1) is 18.3 Å². The summed E-state index contributed by atoms with van der Waals surface area (Å²) in [6.45, 7) is 1.76. The first-order chi connectivity index (χ1) is 12.1. The van der Waals surface area contributed by atoms with Crippen molar-refractivity contribution in [3.05, 3.63) is 47.1 Å². The van der Waals surface area contributed by atoms with Crippen LogP contribution in [0.2, 0.25) is 0 Å². The van der Waals surface area contributed by atoms with Gasteiger partial charge in [-0.05, 0) is 37.0 Å². The molecular weight excluding hydrogens is 316 g/mol. The van der Waals surface area contributed by atoms with E-state index in [1.54, 1.807) is 19.1 Å². The number of hydrogen-bond acceptors (Lipinski definition) is 5. The Balaban J connectivity index is 1.65. The van der Waals surface area contributed by atoms with Gasteiger partial charge in [0.1, 0.15) is 5.54 Å². The Morgan fingerprint density at radius 3 is 2.60 bits per heavy atom. The molecule has 1 fully saturated rings. The van der Waals surface area contributed by atoms with Gasteiger partial charge in [0, 0.05) is 13.3 Å². The number of nitrogens with one attached hydrogen (secondary N) is 1. The number of hydrogen-bond donors (Lipinski definition) is 1. The van der Waals surface area contributed by atoms with E-state index in [1.807, 2.05) is 12.1 Å². The lowest BCUT2D eigenvalue weighted by Crippen LogP contribution is -2.48. The number of amides is 1. The van der Waals surface area contributed by atoms with E-state index in [1.165, 1.54) is 6.42 Å². The van der Waals surface area contributed by atoms with Gasteiger partial charge in [-0.25, -0.2) is 0 Å². The van der Waals surface area contributed by atoms with E-state index in [4.69, 9.17) is 9.78 Å². The highest BCUT2D eigenvalue weighted by Gasteiger charge is 2.39. The monoisotopic (exact) mass is 338 g/mol. The maximum Gasteiger partial charge on any atom is 0.223 e. The highest BCUT2D eigenvalue weighted by Crippen LogP contribution is 2.35. The minimum absolute atomic E-state index is 0.00582. The second-order valence-corrected chi connectivity index (χ2v) is 6.64. The van der Waals surface area contributed by atoms with Gasteiger partial charge in [-0.2, -0.15) is 10.2 Å². The van der Waals surface area contributed by atoms with Crippen LogP contribution in [0.5, 0.6) is 0 Å². The molecule has 3 rings (SSSR count).